The van der Waals surface area contributed by atoms with Gasteiger partial charge in [-0.05, 0) is 26.0 Å². The molecule has 82 valence electrons. The van der Waals surface area contributed by atoms with Crippen LogP contribution in [0, 0.1) is 0 Å². The minimum Gasteiger partial charge on any atom is -0.464 e. The summed E-state index contributed by atoms with van der Waals surface area (Å²) in [6.45, 7) is 3.90. The Morgan fingerprint density at radius 2 is 2.20 bits per heavy atom. The maximum atomic E-state index is 11.3. The molecule has 1 aromatic rings. The molecule has 0 aliphatic heterocycles. The van der Waals surface area contributed by atoms with E-state index in [1.54, 1.807) is 19.9 Å². The molecule has 4 heteroatoms. The summed E-state index contributed by atoms with van der Waals surface area (Å²) < 4.78 is 4.87. The first kappa shape index (κ1) is 11.4. The maximum absolute atomic E-state index is 11.3. The van der Waals surface area contributed by atoms with Crippen molar-refractivity contribution in [2.45, 2.75) is 19.9 Å². The molecule has 0 saturated carbocycles. The van der Waals surface area contributed by atoms with Crippen LogP contribution in [0.4, 0.5) is 11.4 Å². The average molecular weight is 208 g/mol. The van der Waals surface area contributed by atoms with E-state index in [1.165, 1.54) is 0 Å². The Balaban J connectivity index is 2.62. The summed E-state index contributed by atoms with van der Waals surface area (Å²) >= 11 is 0. The first-order valence-corrected chi connectivity index (χ1v) is 4.92. The second-order valence-corrected chi connectivity index (χ2v) is 3.21. The summed E-state index contributed by atoms with van der Waals surface area (Å²) in [7, 11) is 0. The predicted octanol–water partition coefficient (Wildman–Crippen LogP) is 1.63. The van der Waals surface area contributed by atoms with Gasteiger partial charge in [0.2, 0.25) is 0 Å². The molecule has 0 spiro atoms. The van der Waals surface area contributed by atoms with Gasteiger partial charge in [-0.3, -0.25) is 0 Å². The van der Waals surface area contributed by atoms with Crippen molar-refractivity contribution in [2.75, 3.05) is 17.7 Å². The fourth-order valence-corrected chi connectivity index (χ4v) is 1.19. The number of nitrogen functional groups attached to an aromatic ring is 1. The van der Waals surface area contributed by atoms with Gasteiger partial charge in [-0.1, -0.05) is 12.1 Å². The number of hydrogen-bond acceptors (Lipinski definition) is 4. The van der Waals surface area contributed by atoms with Gasteiger partial charge in [0.1, 0.15) is 6.04 Å². The van der Waals surface area contributed by atoms with E-state index in [0.29, 0.717) is 12.3 Å². The molecule has 0 aliphatic carbocycles. The van der Waals surface area contributed by atoms with E-state index in [4.69, 9.17) is 10.5 Å². The summed E-state index contributed by atoms with van der Waals surface area (Å²) in [5.74, 6) is -0.277. The van der Waals surface area contributed by atoms with E-state index in [-0.39, 0.29) is 5.97 Å². The highest BCUT2D eigenvalue weighted by atomic mass is 16.5. The van der Waals surface area contributed by atoms with Crippen molar-refractivity contribution in [3.05, 3.63) is 24.3 Å². The Morgan fingerprint density at radius 1 is 1.53 bits per heavy atom. The van der Waals surface area contributed by atoms with Gasteiger partial charge >= 0.3 is 5.97 Å². The quantitative estimate of drug-likeness (QED) is 0.583. The minimum atomic E-state index is -0.394. The van der Waals surface area contributed by atoms with Crippen LogP contribution in [0.5, 0.6) is 0 Å². The van der Waals surface area contributed by atoms with E-state index in [2.05, 4.69) is 5.32 Å². The number of nitrogens with one attached hydrogen (secondary N) is 1. The lowest BCUT2D eigenvalue weighted by Crippen LogP contribution is -2.28. The first-order valence-electron chi connectivity index (χ1n) is 4.92. The van der Waals surface area contributed by atoms with Crippen LogP contribution in [0.2, 0.25) is 0 Å². The molecule has 4 nitrogen and oxygen atoms in total. The van der Waals surface area contributed by atoms with Gasteiger partial charge in [0.15, 0.2) is 0 Å². The topological polar surface area (TPSA) is 64.3 Å². The lowest BCUT2D eigenvalue weighted by molar-refractivity contribution is -0.143. The number of para-hydroxylation sites is 2. The Hall–Kier alpha value is -1.71. The maximum Gasteiger partial charge on any atom is 0.328 e. The van der Waals surface area contributed by atoms with Gasteiger partial charge in [0.05, 0.1) is 18.0 Å². The second kappa shape index (κ2) is 5.24. The molecule has 1 unspecified atom stereocenters. The molecule has 0 bridgehead atoms. The molecule has 0 aromatic heterocycles. The van der Waals surface area contributed by atoms with E-state index >= 15 is 0 Å². The number of rotatable bonds is 4. The molecular weight excluding hydrogens is 192 g/mol. The Labute approximate surface area is 89.4 Å². The van der Waals surface area contributed by atoms with Crippen LogP contribution in [-0.2, 0) is 9.53 Å². The lowest BCUT2D eigenvalue weighted by Gasteiger charge is -2.15. The number of anilines is 2. The number of esters is 1. The average Bonchev–Trinajstić information content (AvgIpc) is 2.21. The fraction of sp³-hybridized carbons (Fsp3) is 0.364. The third-order valence-corrected chi connectivity index (χ3v) is 1.97. The molecule has 1 atom stereocenters. The molecule has 1 rings (SSSR count). The van der Waals surface area contributed by atoms with Crippen molar-refractivity contribution in [1.82, 2.24) is 0 Å². The van der Waals surface area contributed by atoms with Crippen LogP contribution >= 0.6 is 0 Å². The number of benzene rings is 1. The van der Waals surface area contributed by atoms with E-state index in [1.807, 2.05) is 18.2 Å². The molecule has 15 heavy (non-hydrogen) atoms. The second-order valence-electron chi connectivity index (χ2n) is 3.21. The number of carbonyl (C=O) groups excluding carboxylic acids is 1. The van der Waals surface area contributed by atoms with Crippen LogP contribution in [-0.4, -0.2) is 18.6 Å². The van der Waals surface area contributed by atoms with E-state index < -0.39 is 6.04 Å². The highest BCUT2D eigenvalue weighted by Crippen LogP contribution is 2.17. The number of hydrogen-bond donors (Lipinski definition) is 2. The highest BCUT2D eigenvalue weighted by Gasteiger charge is 2.13. The van der Waals surface area contributed by atoms with Crippen LogP contribution in [0.25, 0.3) is 0 Å². The highest BCUT2D eigenvalue weighted by molar-refractivity contribution is 5.80. The van der Waals surface area contributed by atoms with Crippen LogP contribution in [0.15, 0.2) is 24.3 Å². The van der Waals surface area contributed by atoms with Crippen molar-refractivity contribution in [3.8, 4) is 0 Å². The molecule has 0 heterocycles. The van der Waals surface area contributed by atoms with Gasteiger partial charge in [-0.2, -0.15) is 0 Å². The third-order valence-electron chi connectivity index (χ3n) is 1.97. The zero-order valence-electron chi connectivity index (χ0n) is 8.99. The normalized spacial score (nSPS) is 11.9. The van der Waals surface area contributed by atoms with Crippen molar-refractivity contribution in [2.24, 2.45) is 0 Å². The van der Waals surface area contributed by atoms with Crippen LogP contribution in [0.3, 0.4) is 0 Å². The van der Waals surface area contributed by atoms with Gasteiger partial charge in [0.25, 0.3) is 0 Å². The Kier molecular flexibility index (Phi) is 3.97. The van der Waals surface area contributed by atoms with Gasteiger partial charge < -0.3 is 15.8 Å². The summed E-state index contributed by atoms with van der Waals surface area (Å²) in [4.78, 5) is 11.3. The predicted molar refractivity (Wildman–Crippen MR) is 60.6 cm³/mol. The van der Waals surface area contributed by atoms with Gasteiger partial charge in [-0.25, -0.2) is 4.79 Å². The largest absolute Gasteiger partial charge is 0.464 e. The zero-order chi connectivity index (χ0) is 11.3. The van der Waals surface area contributed by atoms with E-state index in [0.717, 1.165) is 5.69 Å². The van der Waals surface area contributed by atoms with Crippen molar-refractivity contribution in [3.63, 3.8) is 0 Å². The fourth-order valence-electron chi connectivity index (χ4n) is 1.19. The zero-order valence-corrected chi connectivity index (χ0v) is 8.99. The molecule has 0 amide bonds. The Bertz CT molecular complexity index is 339. The molecule has 0 radical (unpaired) electrons. The lowest BCUT2D eigenvalue weighted by atomic mass is 10.2. The Morgan fingerprint density at radius 3 is 2.80 bits per heavy atom. The van der Waals surface area contributed by atoms with Crippen LogP contribution < -0.4 is 11.1 Å². The van der Waals surface area contributed by atoms with Gasteiger partial charge in [0, 0.05) is 0 Å². The molecule has 0 fully saturated rings. The SMILES string of the molecule is CCOC(=O)C(C)Nc1ccccc1N. The summed E-state index contributed by atoms with van der Waals surface area (Å²) in [6.07, 6.45) is 0. The molecular formula is C11H16N2O2. The first-order chi connectivity index (χ1) is 7.15. The number of ether oxygens (including phenoxy) is 1. The number of carbonyl (C=O) groups is 1. The van der Waals surface area contributed by atoms with Crippen molar-refractivity contribution >= 4 is 17.3 Å². The standard InChI is InChI=1S/C11H16N2O2/c1-3-15-11(14)8(2)13-10-7-5-4-6-9(10)12/h4-8,13H,3,12H2,1-2H3. The van der Waals surface area contributed by atoms with Gasteiger partial charge in [-0.15, -0.1) is 0 Å². The van der Waals surface area contributed by atoms with Crippen LogP contribution in [0.1, 0.15) is 13.8 Å². The minimum absolute atomic E-state index is 0.277. The summed E-state index contributed by atoms with van der Waals surface area (Å²) in [5, 5.41) is 3.00. The van der Waals surface area contributed by atoms with Crippen molar-refractivity contribution in [1.29, 1.82) is 0 Å². The monoisotopic (exact) mass is 208 g/mol. The molecule has 3 N–H and O–H groups in total. The smallest absolute Gasteiger partial charge is 0.328 e. The van der Waals surface area contributed by atoms with E-state index in [9.17, 15) is 4.79 Å². The molecule has 1 aromatic carbocycles. The summed E-state index contributed by atoms with van der Waals surface area (Å²) in [6, 6.07) is 6.91. The van der Waals surface area contributed by atoms with Crippen molar-refractivity contribution < 1.29 is 9.53 Å². The summed E-state index contributed by atoms with van der Waals surface area (Å²) in [5.41, 5.74) is 7.10. The number of nitrogens with two attached hydrogens (primary N) is 1. The third kappa shape index (κ3) is 3.16. The molecule has 0 aliphatic rings. The molecule has 0 saturated heterocycles.